The first kappa shape index (κ1) is 19.4. The van der Waals surface area contributed by atoms with E-state index < -0.39 is 0 Å². The Hall–Kier alpha value is -2.35. The van der Waals surface area contributed by atoms with E-state index in [0.717, 1.165) is 17.0 Å². The van der Waals surface area contributed by atoms with Crippen LogP contribution >= 0.6 is 35.4 Å². The van der Waals surface area contributed by atoms with Crippen LogP contribution in [0.15, 0.2) is 48.8 Å². The molecule has 2 N–H and O–H groups in total. The summed E-state index contributed by atoms with van der Waals surface area (Å²) in [6.07, 6.45) is 1.58. The molecule has 0 aliphatic heterocycles. The molecule has 0 fully saturated rings. The molecular formula is C18H17Cl2N5OS. The van der Waals surface area contributed by atoms with Crippen LogP contribution in [0.1, 0.15) is 12.5 Å². The zero-order valence-electron chi connectivity index (χ0n) is 14.4. The van der Waals surface area contributed by atoms with E-state index in [-0.39, 0.29) is 0 Å². The molecule has 0 saturated heterocycles. The third-order valence-corrected chi connectivity index (χ3v) is 4.49. The lowest BCUT2D eigenvalue weighted by atomic mass is 10.2. The maximum absolute atomic E-state index is 6.20. The average Bonchev–Trinajstić information content (AvgIpc) is 3.07. The number of aromatic nitrogens is 3. The molecule has 0 unspecified atom stereocenters. The lowest BCUT2D eigenvalue weighted by molar-refractivity contribution is 0.342. The molecule has 1 heterocycles. The summed E-state index contributed by atoms with van der Waals surface area (Å²) < 4.78 is 7.20. The summed E-state index contributed by atoms with van der Waals surface area (Å²) in [4.78, 5) is 4.21. The highest BCUT2D eigenvalue weighted by atomic mass is 35.5. The highest BCUT2D eigenvalue weighted by molar-refractivity contribution is 7.80. The van der Waals surface area contributed by atoms with E-state index >= 15 is 0 Å². The van der Waals surface area contributed by atoms with Crippen molar-refractivity contribution in [3.8, 4) is 5.75 Å². The summed E-state index contributed by atoms with van der Waals surface area (Å²) in [5.74, 6) is 1.08. The number of rotatable bonds is 6. The maximum Gasteiger partial charge on any atom is 0.248 e. The standard InChI is InChI=1S/C18H17Cl2N5OS/c1-2-26-16-9-4-3-8-15(16)22-18(27)23-17-21-11-25(24-17)10-12-13(19)6-5-7-14(12)20/h3-9,11H,2,10H2,1H3,(H2,22,23,24,27). The van der Waals surface area contributed by atoms with Crippen LogP contribution in [0.4, 0.5) is 11.6 Å². The average molecular weight is 422 g/mol. The van der Waals surface area contributed by atoms with Crippen molar-refractivity contribution in [3.63, 3.8) is 0 Å². The van der Waals surface area contributed by atoms with Crippen molar-refractivity contribution in [2.24, 2.45) is 0 Å². The topological polar surface area (TPSA) is 64.0 Å². The van der Waals surface area contributed by atoms with E-state index in [9.17, 15) is 0 Å². The summed E-state index contributed by atoms with van der Waals surface area (Å²) in [7, 11) is 0. The SMILES string of the molecule is CCOc1ccccc1NC(=S)Nc1ncn(Cc2c(Cl)cccc2Cl)n1. The Labute approximate surface area is 172 Å². The highest BCUT2D eigenvalue weighted by Crippen LogP contribution is 2.25. The fourth-order valence-corrected chi connectivity index (χ4v) is 3.10. The summed E-state index contributed by atoms with van der Waals surface area (Å²) in [5, 5.41) is 11.9. The third-order valence-electron chi connectivity index (χ3n) is 3.58. The zero-order valence-corrected chi connectivity index (χ0v) is 16.8. The van der Waals surface area contributed by atoms with Crippen molar-refractivity contribution in [3.05, 3.63) is 64.4 Å². The van der Waals surface area contributed by atoms with Gasteiger partial charge in [-0.3, -0.25) is 5.32 Å². The molecule has 9 heteroatoms. The molecule has 3 rings (SSSR count). The second-order valence-electron chi connectivity index (χ2n) is 5.47. The molecule has 0 radical (unpaired) electrons. The molecule has 27 heavy (non-hydrogen) atoms. The minimum atomic E-state index is 0.357. The third kappa shape index (κ3) is 5.09. The number of benzene rings is 2. The molecule has 3 aromatic rings. The first-order chi connectivity index (χ1) is 13.1. The zero-order chi connectivity index (χ0) is 19.2. The Kier molecular flexibility index (Phi) is 6.49. The van der Waals surface area contributed by atoms with Crippen molar-refractivity contribution in [2.45, 2.75) is 13.5 Å². The molecule has 0 spiro atoms. The second-order valence-corrected chi connectivity index (χ2v) is 6.70. The number of nitrogens with zero attached hydrogens (tertiary/aromatic N) is 3. The number of hydrogen-bond donors (Lipinski definition) is 2. The summed E-state index contributed by atoms with van der Waals surface area (Å²) >= 11 is 17.7. The Morgan fingerprint density at radius 1 is 1.11 bits per heavy atom. The van der Waals surface area contributed by atoms with Crippen molar-refractivity contribution < 1.29 is 4.74 Å². The summed E-state index contributed by atoms with van der Waals surface area (Å²) in [6.45, 7) is 2.89. The van der Waals surface area contributed by atoms with E-state index in [4.69, 9.17) is 40.2 Å². The number of ether oxygens (including phenoxy) is 1. The van der Waals surface area contributed by atoms with E-state index in [0.29, 0.717) is 34.3 Å². The number of thiocarbonyl (C=S) groups is 1. The van der Waals surface area contributed by atoms with Crippen LogP contribution in [-0.4, -0.2) is 26.5 Å². The number of para-hydroxylation sites is 2. The lowest BCUT2D eigenvalue weighted by Crippen LogP contribution is -2.20. The first-order valence-corrected chi connectivity index (χ1v) is 9.35. The smallest absolute Gasteiger partial charge is 0.248 e. The Balaban J connectivity index is 1.65. The molecular weight excluding hydrogens is 405 g/mol. The first-order valence-electron chi connectivity index (χ1n) is 8.19. The van der Waals surface area contributed by atoms with Gasteiger partial charge in [0.2, 0.25) is 5.95 Å². The van der Waals surface area contributed by atoms with E-state index in [1.807, 2.05) is 31.2 Å². The fraction of sp³-hybridized carbons (Fsp3) is 0.167. The Bertz CT molecular complexity index is 927. The Morgan fingerprint density at radius 3 is 2.59 bits per heavy atom. The molecule has 0 atom stereocenters. The quantitative estimate of drug-likeness (QED) is 0.555. The van der Waals surface area contributed by atoms with Crippen LogP contribution in [0.2, 0.25) is 10.0 Å². The predicted octanol–water partition coefficient (Wildman–Crippen LogP) is 4.84. The monoisotopic (exact) mass is 421 g/mol. The molecule has 1 aromatic heterocycles. The molecule has 0 aliphatic carbocycles. The van der Waals surface area contributed by atoms with Crippen molar-refractivity contribution in [1.29, 1.82) is 0 Å². The van der Waals surface area contributed by atoms with Gasteiger partial charge in [0, 0.05) is 15.6 Å². The van der Waals surface area contributed by atoms with Crippen LogP contribution in [0.3, 0.4) is 0 Å². The molecule has 0 aliphatic rings. The van der Waals surface area contributed by atoms with Crippen LogP contribution in [-0.2, 0) is 6.54 Å². The largest absolute Gasteiger partial charge is 0.492 e. The van der Waals surface area contributed by atoms with E-state index in [1.165, 1.54) is 0 Å². The Morgan fingerprint density at radius 2 is 1.85 bits per heavy atom. The van der Waals surface area contributed by atoms with Gasteiger partial charge in [-0.25, -0.2) is 9.67 Å². The molecule has 0 amide bonds. The van der Waals surface area contributed by atoms with Crippen molar-refractivity contribution >= 4 is 52.2 Å². The molecule has 6 nitrogen and oxygen atoms in total. The van der Waals surface area contributed by atoms with Crippen molar-refractivity contribution in [1.82, 2.24) is 14.8 Å². The minimum absolute atomic E-state index is 0.357. The summed E-state index contributed by atoms with van der Waals surface area (Å²) in [5.41, 5.74) is 1.54. The van der Waals surface area contributed by atoms with Crippen molar-refractivity contribution in [2.75, 3.05) is 17.2 Å². The second kappa shape index (κ2) is 9.03. The predicted molar refractivity (Wildman–Crippen MR) is 113 cm³/mol. The number of anilines is 2. The molecule has 140 valence electrons. The number of nitrogens with one attached hydrogen (secondary N) is 2. The minimum Gasteiger partial charge on any atom is -0.492 e. The van der Waals surface area contributed by atoms with Gasteiger partial charge >= 0.3 is 0 Å². The summed E-state index contributed by atoms with van der Waals surface area (Å²) in [6, 6.07) is 12.9. The molecule has 2 aromatic carbocycles. The molecule has 0 bridgehead atoms. The van der Waals surface area contributed by atoms with E-state index in [1.54, 1.807) is 29.2 Å². The van der Waals surface area contributed by atoms with Gasteiger partial charge in [-0.1, -0.05) is 41.4 Å². The lowest BCUT2D eigenvalue weighted by Gasteiger charge is -2.12. The van der Waals surface area contributed by atoms with Gasteiger partial charge in [0.25, 0.3) is 0 Å². The van der Waals surface area contributed by atoms with Gasteiger partial charge in [-0.2, -0.15) is 0 Å². The maximum atomic E-state index is 6.20. The van der Waals surface area contributed by atoms with Gasteiger partial charge in [0.1, 0.15) is 12.1 Å². The van der Waals surface area contributed by atoms with Gasteiger partial charge < -0.3 is 10.1 Å². The van der Waals surface area contributed by atoms with Gasteiger partial charge in [-0.15, -0.1) is 5.10 Å². The van der Waals surface area contributed by atoms with Gasteiger partial charge in [0.15, 0.2) is 5.11 Å². The number of halogens is 2. The number of hydrogen-bond acceptors (Lipinski definition) is 4. The van der Waals surface area contributed by atoms with Crippen LogP contribution in [0.25, 0.3) is 0 Å². The van der Waals surface area contributed by atoms with Crippen LogP contribution in [0.5, 0.6) is 5.75 Å². The van der Waals surface area contributed by atoms with Crippen LogP contribution in [0, 0.1) is 0 Å². The van der Waals surface area contributed by atoms with E-state index in [2.05, 4.69) is 20.7 Å². The van der Waals surface area contributed by atoms with Gasteiger partial charge in [0.05, 0.1) is 18.8 Å². The fourth-order valence-electron chi connectivity index (χ4n) is 2.38. The normalized spacial score (nSPS) is 10.5. The molecule has 0 saturated carbocycles. The van der Waals surface area contributed by atoms with Gasteiger partial charge in [-0.05, 0) is 43.4 Å². The highest BCUT2D eigenvalue weighted by Gasteiger charge is 2.10. The van der Waals surface area contributed by atoms with Crippen LogP contribution < -0.4 is 15.4 Å².